The van der Waals surface area contributed by atoms with Crippen LogP contribution in [0.2, 0.25) is 0 Å². The highest BCUT2D eigenvalue weighted by Gasteiger charge is 2.18. The zero-order valence-corrected chi connectivity index (χ0v) is 11.9. The molecule has 0 saturated heterocycles. The molecular formula is C16H26O. The third-order valence-electron chi connectivity index (χ3n) is 3.28. The highest BCUT2D eigenvalue weighted by atomic mass is 16.5. The van der Waals surface area contributed by atoms with Gasteiger partial charge in [-0.05, 0) is 32.8 Å². The minimum atomic E-state index is 0.353. The summed E-state index contributed by atoms with van der Waals surface area (Å²) < 4.78 is 5.88. The lowest BCUT2D eigenvalue weighted by molar-refractivity contribution is 0.0402. The molecule has 0 spiro atoms. The molecule has 0 amide bonds. The lowest BCUT2D eigenvalue weighted by Crippen LogP contribution is -2.20. The van der Waals surface area contributed by atoms with Crippen molar-refractivity contribution in [1.82, 2.24) is 0 Å². The molecule has 0 N–H and O–H groups in total. The molecule has 17 heavy (non-hydrogen) atoms. The molecule has 0 fully saturated rings. The van der Waals surface area contributed by atoms with E-state index in [1.54, 1.807) is 0 Å². The number of hydrogen-bond acceptors (Lipinski definition) is 1. The molecule has 0 bridgehead atoms. The second-order valence-corrected chi connectivity index (χ2v) is 4.99. The van der Waals surface area contributed by atoms with Crippen LogP contribution in [0.15, 0.2) is 18.2 Å². The minimum absolute atomic E-state index is 0.353. The summed E-state index contributed by atoms with van der Waals surface area (Å²) in [5.41, 5.74) is 4.10. The summed E-state index contributed by atoms with van der Waals surface area (Å²) in [5, 5.41) is 0. The standard InChI is InChI=1S/C16H26O/c1-6-8-16(17-7-2)14(5)15-10-12(3)9-13(4)11-15/h9-11,14,16H,6-8H2,1-5H3/t14-,16?/m1/s1. The van der Waals surface area contributed by atoms with E-state index in [1.165, 1.54) is 23.1 Å². The zero-order valence-electron chi connectivity index (χ0n) is 11.9. The third-order valence-corrected chi connectivity index (χ3v) is 3.28. The average molecular weight is 234 g/mol. The second kappa shape index (κ2) is 6.80. The molecule has 0 radical (unpaired) electrons. The van der Waals surface area contributed by atoms with Gasteiger partial charge in [-0.1, -0.05) is 49.6 Å². The van der Waals surface area contributed by atoms with Gasteiger partial charge in [0.1, 0.15) is 0 Å². The Labute approximate surface area is 106 Å². The van der Waals surface area contributed by atoms with Crippen LogP contribution in [0.4, 0.5) is 0 Å². The van der Waals surface area contributed by atoms with Crippen molar-refractivity contribution in [3.63, 3.8) is 0 Å². The molecule has 0 aromatic heterocycles. The van der Waals surface area contributed by atoms with Crippen LogP contribution in [0.25, 0.3) is 0 Å². The van der Waals surface area contributed by atoms with Crippen LogP contribution >= 0.6 is 0 Å². The van der Waals surface area contributed by atoms with Gasteiger partial charge < -0.3 is 4.74 Å². The van der Waals surface area contributed by atoms with Crippen molar-refractivity contribution in [3.8, 4) is 0 Å². The van der Waals surface area contributed by atoms with Crippen LogP contribution in [0.3, 0.4) is 0 Å². The number of hydrogen-bond donors (Lipinski definition) is 0. The van der Waals surface area contributed by atoms with E-state index in [0.29, 0.717) is 12.0 Å². The molecule has 0 saturated carbocycles. The normalized spacial score (nSPS) is 14.6. The zero-order chi connectivity index (χ0) is 12.8. The first-order valence-corrected chi connectivity index (χ1v) is 6.78. The Kier molecular flexibility index (Phi) is 5.70. The molecule has 1 heteroatoms. The van der Waals surface area contributed by atoms with Gasteiger partial charge in [0, 0.05) is 12.5 Å². The fraction of sp³-hybridized carbons (Fsp3) is 0.625. The maximum atomic E-state index is 5.88. The van der Waals surface area contributed by atoms with Gasteiger partial charge in [0.05, 0.1) is 6.10 Å². The maximum absolute atomic E-state index is 5.88. The van der Waals surface area contributed by atoms with Gasteiger partial charge in [-0.25, -0.2) is 0 Å². The van der Waals surface area contributed by atoms with E-state index < -0.39 is 0 Å². The van der Waals surface area contributed by atoms with Crippen molar-refractivity contribution < 1.29 is 4.74 Å². The van der Waals surface area contributed by atoms with E-state index in [4.69, 9.17) is 4.74 Å². The Morgan fingerprint density at radius 3 is 2.12 bits per heavy atom. The van der Waals surface area contributed by atoms with E-state index >= 15 is 0 Å². The summed E-state index contributed by atoms with van der Waals surface area (Å²) in [5.74, 6) is 0.480. The van der Waals surface area contributed by atoms with E-state index in [-0.39, 0.29) is 0 Å². The van der Waals surface area contributed by atoms with Gasteiger partial charge in [0.15, 0.2) is 0 Å². The van der Waals surface area contributed by atoms with E-state index in [0.717, 1.165) is 13.0 Å². The van der Waals surface area contributed by atoms with Gasteiger partial charge in [-0.2, -0.15) is 0 Å². The number of aryl methyl sites for hydroxylation is 2. The summed E-state index contributed by atoms with van der Waals surface area (Å²) in [4.78, 5) is 0. The third kappa shape index (κ3) is 4.16. The van der Waals surface area contributed by atoms with Gasteiger partial charge in [-0.3, -0.25) is 0 Å². The molecule has 1 aromatic carbocycles. The second-order valence-electron chi connectivity index (χ2n) is 4.99. The minimum Gasteiger partial charge on any atom is -0.378 e. The van der Waals surface area contributed by atoms with Gasteiger partial charge in [0.25, 0.3) is 0 Å². The van der Waals surface area contributed by atoms with Crippen molar-refractivity contribution in [2.24, 2.45) is 0 Å². The molecule has 2 atom stereocenters. The number of rotatable bonds is 6. The van der Waals surface area contributed by atoms with E-state index in [1.807, 2.05) is 0 Å². The fourth-order valence-electron chi connectivity index (χ4n) is 2.46. The first-order valence-electron chi connectivity index (χ1n) is 6.78. The lowest BCUT2D eigenvalue weighted by Gasteiger charge is -2.24. The highest BCUT2D eigenvalue weighted by Crippen LogP contribution is 2.26. The fourth-order valence-corrected chi connectivity index (χ4v) is 2.46. The molecule has 1 unspecified atom stereocenters. The summed E-state index contributed by atoms with van der Waals surface area (Å²) in [7, 11) is 0. The van der Waals surface area contributed by atoms with Crippen LogP contribution in [-0.4, -0.2) is 12.7 Å². The summed E-state index contributed by atoms with van der Waals surface area (Å²) >= 11 is 0. The lowest BCUT2D eigenvalue weighted by atomic mass is 9.90. The SMILES string of the molecule is CCCC(OCC)[C@H](C)c1cc(C)cc(C)c1. The Morgan fingerprint density at radius 2 is 1.65 bits per heavy atom. The largest absolute Gasteiger partial charge is 0.378 e. The molecule has 0 aliphatic rings. The van der Waals surface area contributed by atoms with E-state index in [9.17, 15) is 0 Å². The smallest absolute Gasteiger partial charge is 0.0640 e. The van der Waals surface area contributed by atoms with Crippen LogP contribution < -0.4 is 0 Å². The monoisotopic (exact) mass is 234 g/mol. The van der Waals surface area contributed by atoms with Crippen molar-refractivity contribution in [2.45, 2.75) is 59.5 Å². The molecule has 1 nitrogen and oxygen atoms in total. The summed E-state index contributed by atoms with van der Waals surface area (Å²) in [6.07, 6.45) is 2.67. The van der Waals surface area contributed by atoms with E-state index in [2.05, 4.69) is 52.8 Å². The first-order chi connectivity index (χ1) is 8.08. The molecule has 0 aliphatic carbocycles. The van der Waals surface area contributed by atoms with Crippen LogP contribution in [0.5, 0.6) is 0 Å². The highest BCUT2D eigenvalue weighted by molar-refractivity contribution is 5.31. The van der Waals surface area contributed by atoms with Crippen molar-refractivity contribution >= 4 is 0 Å². The Morgan fingerprint density at radius 1 is 1.06 bits per heavy atom. The van der Waals surface area contributed by atoms with Gasteiger partial charge >= 0.3 is 0 Å². The topological polar surface area (TPSA) is 9.23 Å². The first kappa shape index (κ1) is 14.2. The molecule has 1 aromatic rings. The average Bonchev–Trinajstić information content (AvgIpc) is 2.26. The Balaban J connectivity index is 2.87. The maximum Gasteiger partial charge on any atom is 0.0640 e. The molecule has 0 aliphatic heterocycles. The van der Waals surface area contributed by atoms with Crippen LogP contribution in [0, 0.1) is 13.8 Å². The van der Waals surface area contributed by atoms with Crippen LogP contribution in [0.1, 0.15) is 56.2 Å². The summed E-state index contributed by atoms with van der Waals surface area (Å²) in [6, 6.07) is 6.81. The molecule has 1 rings (SSSR count). The Bertz CT molecular complexity index is 317. The molecule has 0 heterocycles. The van der Waals surface area contributed by atoms with Gasteiger partial charge in [0.2, 0.25) is 0 Å². The number of benzene rings is 1. The molecular weight excluding hydrogens is 208 g/mol. The van der Waals surface area contributed by atoms with Crippen LogP contribution in [-0.2, 0) is 4.74 Å². The van der Waals surface area contributed by atoms with Crippen molar-refractivity contribution in [2.75, 3.05) is 6.61 Å². The summed E-state index contributed by atoms with van der Waals surface area (Å²) in [6.45, 7) is 11.7. The van der Waals surface area contributed by atoms with Crippen molar-refractivity contribution in [3.05, 3.63) is 34.9 Å². The predicted octanol–water partition coefficient (Wildman–Crippen LogP) is 4.61. The predicted molar refractivity (Wildman–Crippen MR) is 74.7 cm³/mol. The van der Waals surface area contributed by atoms with Crippen molar-refractivity contribution in [1.29, 1.82) is 0 Å². The van der Waals surface area contributed by atoms with Gasteiger partial charge in [-0.15, -0.1) is 0 Å². The molecule has 96 valence electrons. The number of ether oxygens (including phenoxy) is 1. The Hall–Kier alpha value is -0.820. The quantitative estimate of drug-likeness (QED) is 0.698.